The second-order valence-corrected chi connectivity index (χ2v) is 10.0. The number of esters is 1. The standard InChI is InChI=1S/C20H30O8S/c1-12-4-7-16-19(2,14(12)6-5-13-15(22)10-27-18(13)23)9-8-17(20(16,3)11-21)28-29(24,25)26/h5,15-17,21-22H,4,6-11H2,1-3H3,(H,24,25,26)/b13-5+/t15-,16+,17-,19+,20+/m1/s1. The van der Waals surface area contributed by atoms with Crippen LogP contribution in [-0.2, 0) is 24.1 Å². The van der Waals surface area contributed by atoms with E-state index in [0.717, 1.165) is 18.4 Å². The van der Waals surface area contributed by atoms with E-state index in [1.165, 1.54) is 5.57 Å². The summed E-state index contributed by atoms with van der Waals surface area (Å²) in [5, 5.41) is 20.2. The van der Waals surface area contributed by atoms with Crippen LogP contribution in [0.5, 0.6) is 0 Å². The van der Waals surface area contributed by atoms with Gasteiger partial charge in [-0.2, -0.15) is 8.42 Å². The monoisotopic (exact) mass is 430 g/mol. The molecule has 0 bridgehead atoms. The third kappa shape index (κ3) is 4.03. The van der Waals surface area contributed by atoms with Crippen LogP contribution in [0, 0.1) is 16.7 Å². The maximum Gasteiger partial charge on any atom is 0.397 e. The molecule has 0 aromatic carbocycles. The third-order valence-corrected chi connectivity index (χ3v) is 7.79. The van der Waals surface area contributed by atoms with E-state index < -0.39 is 34.0 Å². The van der Waals surface area contributed by atoms with Gasteiger partial charge in [-0.25, -0.2) is 8.98 Å². The first-order valence-corrected chi connectivity index (χ1v) is 11.3. The molecule has 8 nitrogen and oxygen atoms in total. The largest absolute Gasteiger partial charge is 0.459 e. The zero-order valence-corrected chi connectivity index (χ0v) is 17.9. The van der Waals surface area contributed by atoms with Crippen molar-refractivity contribution in [2.45, 2.75) is 65.1 Å². The Kier molecular flexibility index (Phi) is 6.01. The van der Waals surface area contributed by atoms with Crippen molar-refractivity contribution in [2.24, 2.45) is 16.7 Å². The molecular weight excluding hydrogens is 400 g/mol. The number of allylic oxidation sites excluding steroid dienone is 3. The van der Waals surface area contributed by atoms with Crippen molar-refractivity contribution in [1.29, 1.82) is 0 Å². The molecule has 3 N–H and O–H groups in total. The smallest absolute Gasteiger partial charge is 0.397 e. The lowest BCUT2D eigenvalue weighted by atomic mass is 9.48. The fourth-order valence-corrected chi connectivity index (χ4v) is 6.32. The van der Waals surface area contributed by atoms with Gasteiger partial charge in [-0.1, -0.05) is 31.1 Å². The normalized spacial score (nSPS) is 39.6. The van der Waals surface area contributed by atoms with E-state index in [2.05, 4.69) is 13.8 Å². The van der Waals surface area contributed by atoms with Crippen LogP contribution in [0.2, 0.25) is 0 Å². The first-order chi connectivity index (χ1) is 13.4. The fourth-order valence-electron chi connectivity index (χ4n) is 5.72. The summed E-state index contributed by atoms with van der Waals surface area (Å²) in [4.78, 5) is 11.8. The molecule has 9 heteroatoms. The van der Waals surface area contributed by atoms with Gasteiger partial charge in [-0.05, 0) is 50.4 Å². The lowest BCUT2D eigenvalue weighted by Crippen LogP contribution is -2.56. The van der Waals surface area contributed by atoms with Crippen LogP contribution in [0.25, 0.3) is 0 Å². The van der Waals surface area contributed by atoms with Crippen molar-refractivity contribution in [3.8, 4) is 0 Å². The highest BCUT2D eigenvalue weighted by Crippen LogP contribution is 2.61. The number of rotatable bonds is 5. The summed E-state index contributed by atoms with van der Waals surface area (Å²) in [6, 6.07) is 0. The summed E-state index contributed by atoms with van der Waals surface area (Å²) >= 11 is 0. The van der Waals surface area contributed by atoms with Crippen molar-refractivity contribution in [3.05, 3.63) is 22.8 Å². The molecule has 5 atom stereocenters. The molecule has 0 amide bonds. The molecule has 0 spiro atoms. The molecule has 0 aromatic heterocycles. The minimum atomic E-state index is -4.63. The van der Waals surface area contributed by atoms with E-state index in [1.54, 1.807) is 13.0 Å². The Labute approximate surface area is 171 Å². The van der Waals surface area contributed by atoms with Gasteiger partial charge in [0.05, 0.1) is 18.3 Å². The number of aliphatic hydroxyl groups excluding tert-OH is 2. The first-order valence-electron chi connectivity index (χ1n) is 9.93. The van der Waals surface area contributed by atoms with Gasteiger partial charge in [0.1, 0.15) is 12.7 Å². The molecular formula is C20H30O8S. The lowest BCUT2D eigenvalue weighted by molar-refractivity contribution is -0.135. The Balaban J connectivity index is 1.94. The van der Waals surface area contributed by atoms with Gasteiger partial charge < -0.3 is 14.9 Å². The van der Waals surface area contributed by atoms with Gasteiger partial charge in [0.15, 0.2) is 0 Å². The summed E-state index contributed by atoms with van der Waals surface area (Å²) in [5.74, 6) is -0.572. The second kappa shape index (κ2) is 7.77. The van der Waals surface area contributed by atoms with E-state index in [4.69, 9.17) is 8.92 Å². The molecule has 3 aliphatic rings. The second-order valence-electron chi connectivity index (χ2n) is 8.96. The number of aliphatic hydroxyl groups is 2. The highest BCUT2D eigenvalue weighted by atomic mass is 32.3. The van der Waals surface area contributed by atoms with Crippen LogP contribution < -0.4 is 0 Å². The average molecular weight is 431 g/mol. The minimum Gasteiger partial charge on any atom is -0.459 e. The van der Waals surface area contributed by atoms with E-state index in [-0.39, 0.29) is 30.1 Å². The summed E-state index contributed by atoms with van der Waals surface area (Å²) in [5.41, 5.74) is 1.43. The number of ether oxygens (including phenoxy) is 1. The minimum absolute atomic E-state index is 0.0280. The molecule has 0 unspecified atom stereocenters. The molecule has 2 aliphatic carbocycles. The van der Waals surface area contributed by atoms with Gasteiger partial charge in [0, 0.05) is 5.41 Å². The van der Waals surface area contributed by atoms with Crippen LogP contribution in [0.4, 0.5) is 0 Å². The van der Waals surface area contributed by atoms with Crippen LogP contribution in [0.1, 0.15) is 52.9 Å². The topological polar surface area (TPSA) is 130 Å². The number of carbonyl (C=O) groups is 1. The van der Waals surface area contributed by atoms with Gasteiger partial charge >= 0.3 is 16.4 Å². The Morgan fingerprint density at radius 2 is 2.00 bits per heavy atom. The van der Waals surface area contributed by atoms with Crippen LogP contribution >= 0.6 is 0 Å². The van der Waals surface area contributed by atoms with E-state index >= 15 is 0 Å². The van der Waals surface area contributed by atoms with Gasteiger partial charge in [-0.15, -0.1) is 0 Å². The number of hydrogen-bond donors (Lipinski definition) is 3. The van der Waals surface area contributed by atoms with E-state index in [0.29, 0.717) is 19.3 Å². The first kappa shape index (κ1) is 22.4. The fraction of sp³-hybridized carbons (Fsp3) is 0.750. The van der Waals surface area contributed by atoms with Crippen molar-refractivity contribution in [3.63, 3.8) is 0 Å². The van der Waals surface area contributed by atoms with Crippen LogP contribution in [0.3, 0.4) is 0 Å². The lowest BCUT2D eigenvalue weighted by Gasteiger charge is -2.57. The summed E-state index contributed by atoms with van der Waals surface area (Å²) in [6.07, 6.45) is 2.99. The van der Waals surface area contributed by atoms with Crippen molar-refractivity contribution >= 4 is 16.4 Å². The van der Waals surface area contributed by atoms with E-state index in [1.807, 2.05) is 0 Å². The number of fused-ring (bicyclic) bond motifs is 1. The molecule has 0 radical (unpaired) electrons. The zero-order chi connectivity index (χ0) is 21.6. The Hall–Kier alpha value is -1.26. The Morgan fingerprint density at radius 1 is 1.31 bits per heavy atom. The summed E-state index contributed by atoms with van der Waals surface area (Å²) < 4.78 is 41.7. The van der Waals surface area contributed by atoms with Gasteiger partial charge in [0.2, 0.25) is 0 Å². The number of cyclic esters (lactones) is 1. The maximum atomic E-state index is 11.8. The zero-order valence-electron chi connectivity index (χ0n) is 17.1. The third-order valence-electron chi connectivity index (χ3n) is 7.31. The highest BCUT2D eigenvalue weighted by Gasteiger charge is 2.57. The molecule has 1 heterocycles. The van der Waals surface area contributed by atoms with E-state index in [9.17, 15) is 28.0 Å². The van der Waals surface area contributed by atoms with Gasteiger partial charge in [-0.3, -0.25) is 4.55 Å². The molecule has 29 heavy (non-hydrogen) atoms. The van der Waals surface area contributed by atoms with Crippen molar-refractivity contribution in [1.82, 2.24) is 0 Å². The predicted octanol–water partition coefficient (Wildman–Crippen LogP) is 1.93. The molecule has 2 fully saturated rings. The molecule has 1 saturated carbocycles. The Morgan fingerprint density at radius 3 is 2.55 bits per heavy atom. The number of hydrogen-bond acceptors (Lipinski definition) is 7. The number of carbonyl (C=O) groups excluding carboxylic acids is 1. The Bertz CT molecular complexity index is 845. The molecule has 3 rings (SSSR count). The average Bonchev–Trinajstić information content (AvgIpc) is 2.94. The molecule has 1 saturated heterocycles. The van der Waals surface area contributed by atoms with Crippen LogP contribution in [-0.4, -0.2) is 54.6 Å². The van der Waals surface area contributed by atoms with Crippen LogP contribution in [0.15, 0.2) is 22.8 Å². The molecule has 0 aromatic rings. The predicted molar refractivity (Wildman–Crippen MR) is 104 cm³/mol. The summed E-state index contributed by atoms with van der Waals surface area (Å²) in [6.45, 7) is 5.66. The molecule has 1 aliphatic heterocycles. The SMILES string of the molecule is CC1=C(C/C=C2/C(=O)OC[C@H]2O)[C@]2(C)CC[C@@H](OS(=O)(=O)O)[C@@](C)(CO)[C@H]2CC1. The summed E-state index contributed by atoms with van der Waals surface area (Å²) in [7, 11) is -4.63. The molecule has 164 valence electrons. The van der Waals surface area contributed by atoms with Crippen molar-refractivity contribution in [2.75, 3.05) is 13.2 Å². The quantitative estimate of drug-likeness (QED) is 0.261. The van der Waals surface area contributed by atoms with Gasteiger partial charge in [0.25, 0.3) is 0 Å². The highest BCUT2D eigenvalue weighted by molar-refractivity contribution is 7.80. The maximum absolute atomic E-state index is 11.8. The van der Waals surface area contributed by atoms with Crippen molar-refractivity contribution < 1.29 is 36.9 Å².